The Morgan fingerprint density at radius 2 is 2.16 bits per heavy atom. The van der Waals surface area contributed by atoms with Crippen LogP contribution in [-0.2, 0) is 7.05 Å². The lowest BCUT2D eigenvalue weighted by Gasteiger charge is -2.10. The third-order valence-electron chi connectivity index (χ3n) is 2.56. The van der Waals surface area contributed by atoms with Crippen LogP contribution >= 0.6 is 23.2 Å². The first-order valence-corrected chi connectivity index (χ1v) is 6.07. The second-order valence-corrected chi connectivity index (χ2v) is 4.70. The number of nitrogens with zero attached hydrogens (tertiary/aromatic N) is 3. The minimum absolute atomic E-state index is 0.124. The van der Waals surface area contributed by atoms with Gasteiger partial charge in [-0.1, -0.05) is 23.2 Å². The average molecular weight is 300 g/mol. The quantitative estimate of drug-likeness (QED) is 0.833. The van der Waals surface area contributed by atoms with Gasteiger partial charge in [0, 0.05) is 7.05 Å². The molecule has 1 amide bonds. The molecule has 0 spiro atoms. The summed E-state index contributed by atoms with van der Waals surface area (Å²) in [5, 5.41) is 6.94. The number of pyridine rings is 1. The lowest BCUT2D eigenvalue weighted by Crippen LogP contribution is -2.18. The molecule has 3 N–H and O–H groups in total. The van der Waals surface area contributed by atoms with Crippen LogP contribution in [0, 0.1) is 6.92 Å². The van der Waals surface area contributed by atoms with Gasteiger partial charge in [-0.2, -0.15) is 5.10 Å². The van der Waals surface area contributed by atoms with E-state index in [-0.39, 0.29) is 21.7 Å². The van der Waals surface area contributed by atoms with Gasteiger partial charge in [0.2, 0.25) is 0 Å². The minimum Gasteiger partial charge on any atom is -0.396 e. The maximum atomic E-state index is 12.1. The van der Waals surface area contributed by atoms with Gasteiger partial charge in [-0.3, -0.25) is 9.48 Å². The predicted octanol–water partition coefficient (Wildman–Crippen LogP) is 2.26. The minimum atomic E-state index is -0.411. The second kappa shape index (κ2) is 5.07. The van der Waals surface area contributed by atoms with E-state index in [9.17, 15) is 4.79 Å². The lowest BCUT2D eigenvalue weighted by molar-refractivity contribution is 0.101. The van der Waals surface area contributed by atoms with Gasteiger partial charge in [0.25, 0.3) is 5.91 Å². The third-order valence-corrected chi connectivity index (χ3v) is 3.03. The Morgan fingerprint density at radius 3 is 2.68 bits per heavy atom. The van der Waals surface area contributed by atoms with Crippen molar-refractivity contribution in [1.82, 2.24) is 14.8 Å². The fourth-order valence-corrected chi connectivity index (χ4v) is 2.23. The zero-order chi connectivity index (χ0) is 14.2. The van der Waals surface area contributed by atoms with Crippen LogP contribution in [-0.4, -0.2) is 20.7 Å². The molecule has 2 rings (SSSR count). The Labute approximate surface area is 119 Å². The molecule has 19 heavy (non-hydrogen) atoms. The SMILES string of the molecule is Cc1cc(Cl)nc(Cl)c1NC(=O)c1c(N)cnn1C. The van der Waals surface area contributed by atoms with Crippen LogP contribution in [0.1, 0.15) is 16.1 Å². The summed E-state index contributed by atoms with van der Waals surface area (Å²) in [6, 6.07) is 1.61. The van der Waals surface area contributed by atoms with Crippen molar-refractivity contribution in [2.24, 2.45) is 7.05 Å². The number of halogens is 2. The predicted molar refractivity (Wildman–Crippen MR) is 74.6 cm³/mol. The van der Waals surface area contributed by atoms with Crippen molar-refractivity contribution < 1.29 is 4.79 Å². The molecule has 2 heterocycles. The number of nitrogen functional groups attached to an aromatic ring is 1. The zero-order valence-electron chi connectivity index (χ0n) is 10.2. The molecular weight excluding hydrogens is 289 g/mol. The molecule has 0 radical (unpaired) electrons. The van der Waals surface area contributed by atoms with Crippen molar-refractivity contribution in [3.8, 4) is 0 Å². The van der Waals surface area contributed by atoms with Crippen LogP contribution in [0.2, 0.25) is 10.3 Å². The Kier molecular flexibility index (Phi) is 3.64. The monoisotopic (exact) mass is 299 g/mol. The topological polar surface area (TPSA) is 85.8 Å². The smallest absolute Gasteiger partial charge is 0.276 e. The largest absolute Gasteiger partial charge is 0.396 e. The molecular formula is C11H11Cl2N5O. The highest BCUT2D eigenvalue weighted by molar-refractivity contribution is 6.35. The molecule has 0 saturated carbocycles. The number of nitrogens with one attached hydrogen (secondary N) is 1. The van der Waals surface area contributed by atoms with Gasteiger partial charge in [0.05, 0.1) is 17.6 Å². The van der Waals surface area contributed by atoms with Crippen molar-refractivity contribution in [3.63, 3.8) is 0 Å². The molecule has 6 nitrogen and oxygen atoms in total. The summed E-state index contributed by atoms with van der Waals surface area (Å²) in [4.78, 5) is 16.0. The summed E-state index contributed by atoms with van der Waals surface area (Å²) >= 11 is 11.7. The van der Waals surface area contributed by atoms with Crippen molar-refractivity contribution >= 4 is 40.5 Å². The van der Waals surface area contributed by atoms with Gasteiger partial charge in [0.1, 0.15) is 10.8 Å². The van der Waals surface area contributed by atoms with E-state index in [2.05, 4.69) is 15.4 Å². The zero-order valence-corrected chi connectivity index (χ0v) is 11.7. The molecule has 0 aromatic carbocycles. The number of amides is 1. The first-order valence-electron chi connectivity index (χ1n) is 5.31. The molecule has 0 aliphatic heterocycles. The molecule has 0 fully saturated rings. The fourth-order valence-electron chi connectivity index (χ4n) is 1.65. The number of hydrogen-bond donors (Lipinski definition) is 2. The molecule has 0 atom stereocenters. The number of nitrogens with two attached hydrogens (primary N) is 1. The van der Waals surface area contributed by atoms with Crippen LogP contribution < -0.4 is 11.1 Å². The number of aromatic nitrogens is 3. The van der Waals surface area contributed by atoms with E-state index < -0.39 is 5.91 Å². The van der Waals surface area contributed by atoms with Crippen molar-refractivity contribution in [2.75, 3.05) is 11.1 Å². The van der Waals surface area contributed by atoms with E-state index in [1.807, 2.05) is 0 Å². The Hall–Kier alpha value is -1.79. The summed E-state index contributed by atoms with van der Waals surface area (Å²) in [6.45, 7) is 1.77. The van der Waals surface area contributed by atoms with Crippen LogP contribution in [0.3, 0.4) is 0 Å². The molecule has 100 valence electrons. The Bertz CT molecular complexity index is 610. The summed E-state index contributed by atoms with van der Waals surface area (Å²) < 4.78 is 1.39. The van der Waals surface area contributed by atoms with E-state index in [4.69, 9.17) is 28.9 Å². The summed E-state index contributed by atoms with van der Waals surface area (Å²) in [5.74, 6) is -0.411. The van der Waals surface area contributed by atoms with E-state index in [1.54, 1.807) is 20.0 Å². The molecule has 2 aromatic heterocycles. The molecule has 2 aromatic rings. The van der Waals surface area contributed by atoms with E-state index in [0.717, 1.165) is 0 Å². The fraction of sp³-hybridized carbons (Fsp3) is 0.182. The highest BCUT2D eigenvalue weighted by Crippen LogP contribution is 2.27. The maximum Gasteiger partial charge on any atom is 0.276 e. The molecule has 0 aliphatic carbocycles. The number of hydrogen-bond acceptors (Lipinski definition) is 4. The van der Waals surface area contributed by atoms with Crippen LogP contribution in [0.5, 0.6) is 0 Å². The van der Waals surface area contributed by atoms with Crippen molar-refractivity contribution in [3.05, 3.63) is 33.8 Å². The Morgan fingerprint density at radius 1 is 1.47 bits per heavy atom. The van der Waals surface area contributed by atoms with Crippen LogP contribution in [0.25, 0.3) is 0 Å². The molecule has 0 aliphatic rings. The third kappa shape index (κ3) is 2.64. The first-order chi connectivity index (χ1) is 8.90. The van der Waals surface area contributed by atoms with E-state index in [1.165, 1.54) is 10.9 Å². The van der Waals surface area contributed by atoms with Gasteiger partial charge in [-0.05, 0) is 18.6 Å². The van der Waals surface area contributed by atoms with Crippen LogP contribution in [0.4, 0.5) is 11.4 Å². The normalized spacial score (nSPS) is 10.5. The van der Waals surface area contributed by atoms with Gasteiger partial charge >= 0.3 is 0 Å². The number of aryl methyl sites for hydroxylation is 2. The van der Waals surface area contributed by atoms with Gasteiger partial charge in [0.15, 0.2) is 5.15 Å². The van der Waals surface area contributed by atoms with Gasteiger partial charge < -0.3 is 11.1 Å². The van der Waals surface area contributed by atoms with E-state index >= 15 is 0 Å². The van der Waals surface area contributed by atoms with Crippen molar-refractivity contribution in [2.45, 2.75) is 6.92 Å². The summed E-state index contributed by atoms with van der Waals surface area (Å²) in [7, 11) is 1.62. The maximum absolute atomic E-state index is 12.1. The van der Waals surface area contributed by atoms with E-state index in [0.29, 0.717) is 11.3 Å². The first kappa shape index (κ1) is 13.6. The highest BCUT2D eigenvalue weighted by atomic mass is 35.5. The molecule has 8 heteroatoms. The highest BCUT2D eigenvalue weighted by Gasteiger charge is 2.18. The number of anilines is 2. The summed E-state index contributed by atoms with van der Waals surface area (Å²) in [6.07, 6.45) is 1.41. The molecule has 0 saturated heterocycles. The summed E-state index contributed by atoms with van der Waals surface area (Å²) in [5.41, 5.74) is 7.33. The van der Waals surface area contributed by atoms with Gasteiger partial charge in [-0.25, -0.2) is 4.98 Å². The van der Waals surface area contributed by atoms with Crippen molar-refractivity contribution in [1.29, 1.82) is 0 Å². The molecule has 0 unspecified atom stereocenters. The number of rotatable bonds is 2. The Balaban J connectivity index is 2.35. The standard InChI is InChI=1S/C11H11Cl2N5O/c1-5-3-7(12)16-10(13)8(5)17-11(19)9-6(14)4-15-18(9)2/h3-4H,14H2,1-2H3,(H,17,19). The lowest BCUT2D eigenvalue weighted by atomic mass is 10.2. The average Bonchev–Trinajstić information content (AvgIpc) is 2.63. The number of carbonyl (C=O) groups excluding carboxylic acids is 1. The number of carbonyl (C=O) groups is 1. The van der Waals surface area contributed by atoms with Crippen LogP contribution in [0.15, 0.2) is 12.3 Å². The molecule has 0 bridgehead atoms. The van der Waals surface area contributed by atoms with Gasteiger partial charge in [-0.15, -0.1) is 0 Å². The second-order valence-electron chi connectivity index (χ2n) is 3.95.